The fourth-order valence-electron chi connectivity index (χ4n) is 5.63. The molecular weight excluding hydrogens is 324 g/mol. The lowest BCUT2D eigenvalue weighted by Crippen LogP contribution is -2.15. The van der Waals surface area contributed by atoms with Gasteiger partial charge in [0.05, 0.1) is 0 Å². The Balaban J connectivity index is 1.28. The van der Waals surface area contributed by atoms with Gasteiger partial charge in [-0.3, -0.25) is 0 Å². The average molecular weight is 361 g/mol. The second kappa shape index (κ2) is 9.09. The minimum atomic E-state index is 0.697. The second-order valence-corrected chi connectivity index (χ2v) is 9.27. The summed E-state index contributed by atoms with van der Waals surface area (Å²) in [5.74, 6) is 3.25. The Bertz CT molecular complexity index is 670. The minimum Gasteiger partial charge on any atom is -0.0622 e. The van der Waals surface area contributed by atoms with Gasteiger partial charge >= 0.3 is 0 Å². The topological polar surface area (TPSA) is 0 Å². The van der Waals surface area contributed by atoms with Gasteiger partial charge in [-0.05, 0) is 85.3 Å². The van der Waals surface area contributed by atoms with Gasteiger partial charge in [-0.25, -0.2) is 0 Å². The summed E-state index contributed by atoms with van der Waals surface area (Å²) in [4.78, 5) is 0. The van der Waals surface area contributed by atoms with Crippen LogP contribution in [0.25, 0.3) is 0 Å². The fraction of sp³-hybridized carbons (Fsp3) is 0.556. The van der Waals surface area contributed by atoms with Crippen molar-refractivity contribution in [2.24, 2.45) is 5.92 Å². The predicted molar refractivity (Wildman–Crippen MR) is 116 cm³/mol. The quantitative estimate of drug-likeness (QED) is 0.504. The Labute approximate surface area is 166 Å². The lowest BCUT2D eigenvalue weighted by molar-refractivity contribution is 0.297. The summed E-state index contributed by atoms with van der Waals surface area (Å²) >= 11 is 0. The van der Waals surface area contributed by atoms with Crippen LogP contribution in [0, 0.1) is 5.92 Å². The Hall–Kier alpha value is -1.56. The van der Waals surface area contributed by atoms with E-state index in [1.807, 2.05) is 0 Å². The highest BCUT2D eigenvalue weighted by Crippen LogP contribution is 2.40. The molecule has 0 radical (unpaired) electrons. The van der Waals surface area contributed by atoms with Crippen LogP contribution in [0.1, 0.15) is 106 Å². The van der Waals surface area contributed by atoms with Crippen LogP contribution in [0.5, 0.6) is 0 Å². The molecule has 2 aliphatic carbocycles. The molecule has 0 amide bonds. The molecule has 1 unspecified atom stereocenters. The Morgan fingerprint density at radius 3 is 1.81 bits per heavy atom. The van der Waals surface area contributed by atoms with Gasteiger partial charge in [0.15, 0.2) is 0 Å². The van der Waals surface area contributed by atoms with Crippen molar-refractivity contribution in [2.75, 3.05) is 0 Å². The molecule has 4 rings (SSSR count). The molecule has 1 atom stereocenters. The molecule has 0 saturated heterocycles. The van der Waals surface area contributed by atoms with Crippen LogP contribution in [-0.4, -0.2) is 0 Å². The van der Waals surface area contributed by atoms with Crippen molar-refractivity contribution in [3.63, 3.8) is 0 Å². The summed E-state index contributed by atoms with van der Waals surface area (Å²) in [6.07, 6.45) is 14.1. The van der Waals surface area contributed by atoms with E-state index in [4.69, 9.17) is 0 Å². The maximum atomic E-state index is 2.46. The zero-order valence-corrected chi connectivity index (χ0v) is 17.1. The van der Waals surface area contributed by atoms with E-state index in [9.17, 15) is 0 Å². The maximum absolute atomic E-state index is 2.46. The molecule has 0 spiro atoms. The molecule has 27 heavy (non-hydrogen) atoms. The molecule has 2 aromatic carbocycles. The molecule has 0 aliphatic heterocycles. The number of rotatable bonds is 5. The summed E-state index contributed by atoms with van der Waals surface area (Å²) < 4.78 is 0. The zero-order valence-electron chi connectivity index (χ0n) is 17.1. The number of hydrogen-bond acceptors (Lipinski definition) is 0. The summed E-state index contributed by atoms with van der Waals surface area (Å²) in [5.41, 5.74) is 4.71. The van der Waals surface area contributed by atoms with Gasteiger partial charge in [-0.1, -0.05) is 80.8 Å². The first kappa shape index (κ1) is 18.8. The third-order valence-electron chi connectivity index (χ3n) is 7.39. The maximum Gasteiger partial charge on any atom is -0.0162 e. The third kappa shape index (κ3) is 4.84. The highest BCUT2D eigenvalue weighted by atomic mass is 14.3. The van der Waals surface area contributed by atoms with E-state index in [0.29, 0.717) is 5.92 Å². The van der Waals surface area contributed by atoms with Gasteiger partial charge in [-0.15, -0.1) is 0 Å². The highest BCUT2D eigenvalue weighted by Gasteiger charge is 2.24. The Morgan fingerprint density at radius 2 is 1.22 bits per heavy atom. The largest absolute Gasteiger partial charge is 0.0622 e. The molecule has 2 fully saturated rings. The van der Waals surface area contributed by atoms with Gasteiger partial charge in [0, 0.05) is 0 Å². The first-order chi connectivity index (χ1) is 13.3. The Morgan fingerprint density at radius 1 is 0.667 bits per heavy atom. The van der Waals surface area contributed by atoms with Crippen LogP contribution in [0.2, 0.25) is 0 Å². The minimum absolute atomic E-state index is 0.697. The van der Waals surface area contributed by atoms with E-state index >= 15 is 0 Å². The van der Waals surface area contributed by atoms with Crippen LogP contribution >= 0.6 is 0 Å². The molecule has 0 heteroatoms. The standard InChI is InChI=1S/C27H36/c1-21(23-8-4-2-5-9-23)20-22-12-14-25(15-13-22)27-18-16-26(17-19-27)24-10-6-3-7-11-24/h2,4-5,8-9,16-19,21-22,24-25H,3,6-7,10-15,20H2,1H3. The molecule has 2 aliphatic rings. The first-order valence-electron chi connectivity index (χ1n) is 11.4. The van der Waals surface area contributed by atoms with Crippen molar-refractivity contribution in [1.29, 1.82) is 0 Å². The van der Waals surface area contributed by atoms with Gasteiger partial charge in [0.2, 0.25) is 0 Å². The van der Waals surface area contributed by atoms with Crippen LogP contribution < -0.4 is 0 Å². The normalized spacial score (nSPS) is 25.2. The Kier molecular flexibility index (Phi) is 6.32. The molecular formula is C27H36. The van der Waals surface area contributed by atoms with Crippen LogP contribution in [0.3, 0.4) is 0 Å². The zero-order chi connectivity index (χ0) is 18.5. The van der Waals surface area contributed by atoms with E-state index in [0.717, 1.165) is 17.8 Å². The molecule has 2 saturated carbocycles. The smallest absolute Gasteiger partial charge is 0.0162 e. The van der Waals surface area contributed by atoms with Crippen LogP contribution in [0.4, 0.5) is 0 Å². The molecule has 0 nitrogen and oxygen atoms in total. The lowest BCUT2D eigenvalue weighted by Gasteiger charge is -2.31. The van der Waals surface area contributed by atoms with Crippen molar-refractivity contribution in [3.05, 3.63) is 71.3 Å². The summed E-state index contributed by atoms with van der Waals surface area (Å²) in [5, 5.41) is 0. The first-order valence-corrected chi connectivity index (χ1v) is 11.4. The van der Waals surface area contributed by atoms with Crippen molar-refractivity contribution in [3.8, 4) is 0 Å². The van der Waals surface area contributed by atoms with E-state index in [1.165, 1.54) is 69.8 Å². The molecule has 144 valence electrons. The van der Waals surface area contributed by atoms with Gasteiger partial charge in [0.25, 0.3) is 0 Å². The molecule has 2 aromatic rings. The van der Waals surface area contributed by atoms with Crippen LogP contribution in [0.15, 0.2) is 54.6 Å². The number of benzene rings is 2. The van der Waals surface area contributed by atoms with Crippen molar-refractivity contribution < 1.29 is 0 Å². The van der Waals surface area contributed by atoms with E-state index in [1.54, 1.807) is 11.1 Å². The fourth-order valence-corrected chi connectivity index (χ4v) is 5.63. The number of hydrogen-bond donors (Lipinski definition) is 0. The van der Waals surface area contributed by atoms with Crippen molar-refractivity contribution in [1.82, 2.24) is 0 Å². The predicted octanol–water partition coefficient (Wildman–Crippen LogP) is 8.20. The van der Waals surface area contributed by atoms with Crippen molar-refractivity contribution in [2.45, 2.75) is 88.9 Å². The van der Waals surface area contributed by atoms with Gasteiger partial charge in [0.1, 0.15) is 0 Å². The van der Waals surface area contributed by atoms with Crippen molar-refractivity contribution >= 4 is 0 Å². The van der Waals surface area contributed by atoms with Crippen LogP contribution in [-0.2, 0) is 0 Å². The SMILES string of the molecule is CC(CC1CCC(c2ccc(C3CCCCC3)cc2)CC1)c1ccccc1. The monoisotopic (exact) mass is 360 g/mol. The highest BCUT2D eigenvalue weighted by molar-refractivity contribution is 5.28. The third-order valence-corrected chi connectivity index (χ3v) is 7.39. The molecule has 0 bridgehead atoms. The summed E-state index contributed by atoms with van der Waals surface area (Å²) in [6, 6.07) is 20.9. The molecule has 0 aromatic heterocycles. The lowest BCUT2D eigenvalue weighted by atomic mass is 9.75. The van der Waals surface area contributed by atoms with Gasteiger partial charge in [-0.2, -0.15) is 0 Å². The molecule has 0 N–H and O–H groups in total. The van der Waals surface area contributed by atoms with E-state index < -0.39 is 0 Å². The van der Waals surface area contributed by atoms with E-state index in [2.05, 4.69) is 61.5 Å². The average Bonchev–Trinajstić information content (AvgIpc) is 2.76. The van der Waals surface area contributed by atoms with E-state index in [-0.39, 0.29) is 0 Å². The summed E-state index contributed by atoms with van der Waals surface area (Å²) in [6.45, 7) is 2.41. The second-order valence-electron chi connectivity index (χ2n) is 9.27. The van der Waals surface area contributed by atoms with Gasteiger partial charge < -0.3 is 0 Å². The summed E-state index contributed by atoms with van der Waals surface area (Å²) in [7, 11) is 0. The molecule has 0 heterocycles.